The van der Waals surface area contributed by atoms with Crippen LogP contribution in [0, 0.1) is 0 Å². The first-order valence-electron chi connectivity index (χ1n) is 9.43. The van der Waals surface area contributed by atoms with E-state index in [0.717, 1.165) is 17.0 Å². The normalized spacial score (nSPS) is 10.7. The van der Waals surface area contributed by atoms with E-state index in [4.69, 9.17) is 4.74 Å². The van der Waals surface area contributed by atoms with Crippen molar-refractivity contribution in [2.45, 2.75) is 19.8 Å². The molecule has 8 nitrogen and oxygen atoms in total. The number of ether oxygens (including phenoxy) is 1. The molecule has 3 heterocycles. The van der Waals surface area contributed by atoms with Crippen molar-refractivity contribution in [3.63, 3.8) is 0 Å². The van der Waals surface area contributed by atoms with Crippen molar-refractivity contribution in [3.8, 4) is 11.7 Å². The Bertz CT molecular complexity index is 1140. The highest BCUT2D eigenvalue weighted by Crippen LogP contribution is 2.23. The van der Waals surface area contributed by atoms with Crippen molar-refractivity contribution >= 4 is 22.4 Å². The van der Waals surface area contributed by atoms with E-state index in [1.807, 2.05) is 25.1 Å². The summed E-state index contributed by atoms with van der Waals surface area (Å²) in [7, 11) is 1.53. The summed E-state index contributed by atoms with van der Waals surface area (Å²) < 4.78 is 6.65. The lowest BCUT2D eigenvalue weighted by Gasteiger charge is -2.07. The maximum absolute atomic E-state index is 12.9. The molecule has 0 fully saturated rings. The molecule has 0 unspecified atom stereocenters. The number of nitrogens with one attached hydrogen (secondary N) is 1. The second kappa shape index (κ2) is 8.83. The average molecular weight is 420 g/mol. The van der Waals surface area contributed by atoms with Crippen LogP contribution >= 0.6 is 11.3 Å². The first kappa shape index (κ1) is 19.7. The molecule has 0 radical (unpaired) electrons. The van der Waals surface area contributed by atoms with E-state index in [0.29, 0.717) is 28.8 Å². The summed E-state index contributed by atoms with van der Waals surface area (Å²) in [6.45, 7) is 1.96. The zero-order valence-electron chi connectivity index (χ0n) is 16.6. The highest BCUT2D eigenvalue weighted by atomic mass is 32.1. The topological polar surface area (TPSA) is 94.8 Å². The van der Waals surface area contributed by atoms with Gasteiger partial charge < -0.3 is 4.74 Å². The Labute approximate surface area is 177 Å². The summed E-state index contributed by atoms with van der Waals surface area (Å²) in [5.41, 5.74) is 2.43. The summed E-state index contributed by atoms with van der Waals surface area (Å²) >= 11 is 1.46. The number of carbonyl (C=O) groups is 1. The maximum atomic E-state index is 12.9. The van der Waals surface area contributed by atoms with Crippen molar-refractivity contribution < 1.29 is 9.53 Å². The summed E-state index contributed by atoms with van der Waals surface area (Å²) in [6, 6.07) is 13.6. The Morgan fingerprint density at radius 3 is 2.67 bits per heavy atom. The van der Waals surface area contributed by atoms with Gasteiger partial charge in [0.1, 0.15) is 0 Å². The predicted molar refractivity (Wildman–Crippen MR) is 114 cm³/mol. The van der Waals surface area contributed by atoms with Crippen molar-refractivity contribution in [1.29, 1.82) is 0 Å². The summed E-state index contributed by atoms with van der Waals surface area (Å²) in [5, 5.41) is 15.9. The van der Waals surface area contributed by atoms with Crippen molar-refractivity contribution in [2.75, 3.05) is 12.4 Å². The van der Waals surface area contributed by atoms with Gasteiger partial charge in [0.05, 0.1) is 24.6 Å². The molecule has 0 bridgehead atoms. The molecule has 0 saturated carbocycles. The fraction of sp³-hybridized carbons (Fsp3) is 0.190. The smallest absolute Gasteiger partial charge is 0.260 e. The molecule has 30 heavy (non-hydrogen) atoms. The Morgan fingerprint density at radius 2 is 1.97 bits per heavy atom. The molecule has 3 aromatic heterocycles. The number of hydrogen-bond donors (Lipinski definition) is 1. The molecule has 1 aromatic carbocycles. The van der Waals surface area contributed by atoms with Crippen LogP contribution in [0.4, 0.5) is 5.13 Å². The fourth-order valence-electron chi connectivity index (χ4n) is 3.04. The lowest BCUT2D eigenvalue weighted by atomic mass is 10.1. The van der Waals surface area contributed by atoms with Gasteiger partial charge in [-0.15, -0.1) is 21.5 Å². The van der Waals surface area contributed by atoms with Gasteiger partial charge in [0.15, 0.2) is 10.9 Å². The molecular formula is C21H20N6O2S. The number of anilines is 1. The van der Waals surface area contributed by atoms with Crippen LogP contribution in [0.2, 0.25) is 0 Å². The number of hydrogen-bond acceptors (Lipinski definition) is 7. The lowest BCUT2D eigenvalue weighted by Crippen LogP contribution is -2.14. The minimum absolute atomic E-state index is 0.250. The molecule has 0 spiro atoms. The molecule has 9 heteroatoms. The molecule has 4 aromatic rings. The van der Waals surface area contributed by atoms with Gasteiger partial charge in [-0.2, -0.15) is 5.10 Å². The van der Waals surface area contributed by atoms with Crippen LogP contribution < -0.4 is 10.1 Å². The van der Waals surface area contributed by atoms with E-state index in [1.165, 1.54) is 24.0 Å². The zero-order valence-corrected chi connectivity index (χ0v) is 17.4. The third-order valence-electron chi connectivity index (χ3n) is 4.50. The average Bonchev–Trinajstić information content (AvgIpc) is 3.41. The Kier molecular flexibility index (Phi) is 5.80. The number of aromatic nitrogens is 5. The number of benzene rings is 1. The van der Waals surface area contributed by atoms with E-state index in [1.54, 1.807) is 29.2 Å². The molecule has 0 saturated heterocycles. The van der Waals surface area contributed by atoms with Crippen LogP contribution in [0.25, 0.3) is 5.82 Å². The van der Waals surface area contributed by atoms with Crippen LogP contribution in [0.1, 0.15) is 33.4 Å². The van der Waals surface area contributed by atoms with E-state index < -0.39 is 0 Å². The quantitative estimate of drug-likeness (QED) is 0.491. The van der Waals surface area contributed by atoms with Gasteiger partial charge in [0, 0.05) is 23.6 Å². The molecular weight excluding hydrogens is 400 g/mol. The van der Waals surface area contributed by atoms with Crippen LogP contribution in [-0.2, 0) is 12.8 Å². The minimum atomic E-state index is -0.250. The Morgan fingerprint density at radius 1 is 1.13 bits per heavy atom. The number of thiazole rings is 1. The van der Waals surface area contributed by atoms with E-state index in [9.17, 15) is 4.79 Å². The molecule has 0 aliphatic heterocycles. The SMILES string of the molecule is CCc1c(C(=O)Nc2ncc(Cc3ccccc3)s2)cnn1-c1ccc(OC)nn1. The minimum Gasteiger partial charge on any atom is -0.480 e. The molecule has 1 N–H and O–H groups in total. The summed E-state index contributed by atoms with van der Waals surface area (Å²) in [6.07, 6.45) is 4.72. The number of carbonyl (C=O) groups excluding carboxylic acids is 1. The molecule has 1 amide bonds. The molecule has 0 aliphatic carbocycles. The number of amides is 1. The Hall–Kier alpha value is -3.59. The molecule has 4 rings (SSSR count). The monoisotopic (exact) mass is 420 g/mol. The second-order valence-electron chi connectivity index (χ2n) is 6.45. The van der Waals surface area contributed by atoms with Crippen molar-refractivity contribution in [2.24, 2.45) is 0 Å². The van der Waals surface area contributed by atoms with Gasteiger partial charge in [0.25, 0.3) is 5.91 Å². The summed E-state index contributed by atoms with van der Waals surface area (Å²) in [5.74, 6) is 0.684. The first-order valence-corrected chi connectivity index (χ1v) is 10.2. The van der Waals surface area contributed by atoms with E-state index in [2.05, 4.69) is 37.7 Å². The molecule has 0 atom stereocenters. The highest BCUT2D eigenvalue weighted by molar-refractivity contribution is 7.15. The van der Waals surface area contributed by atoms with Crippen LogP contribution in [0.3, 0.4) is 0 Å². The highest BCUT2D eigenvalue weighted by Gasteiger charge is 2.19. The van der Waals surface area contributed by atoms with E-state index >= 15 is 0 Å². The van der Waals surface area contributed by atoms with Gasteiger partial charge in [-0.25, -0.2) is 9.67 Å². The number of rotatable bonds is 7. The lowest BCUT2D eigenvalue weighted by molar-refractivity contribution is 0.102. The van der Waals surface area contributed by atoms with Crippen molar-refractivity contribution in [1.82, 2.24) is 25.0 Å². The van der Waals surface area contributed by atoms with Gasteiger partial charge >= 0.3 is 0 Å². The summed E-state index contributed by atoms with van der Waals surface area (Å²) in [4.78, 5) is 18.3. The van der Waals surface area contributed by atoms with Gasteiger partial charge in [0.2, 0.25) is 5.88 Å². The van der Waals surface area contributed by atoms with Crippen molar-refractivity contribution in [3.05, 3.63) is 76.6 Å². The second-order valence-corrected chi connectivity index (χ2v) is 7.57. The van der Waals surface area contributed by atoms with Gasteiger partial charge in [-0.1, -0.05) is 37.3 Å². The van der Waals surface area contributed by atoms with E-state index in [-0.39, 0.29) is 5.91 Å². The van der Waals surface area contributed by atoms with Crippen LogP contribution in [0.15, 0.2) is 54.9 Å². The van der Waals surface area contributed by atoms with Crippen LogP contribution in [0.5, 0.6) is 5.88 Å². The largest absolute Gasteiger partial charge is 0.480 e. The third kappa shape index (κ3) is 4.20. The first-order chi connectivity index (χ1) is 14.7. The van der Waals surface area contributed by atoms with Gasteiger partial charge in [-0.3, -0.25) is 10.1 Å². The third-order valence-corrected chi connectivity index (χ3v) is 5.41. The maximum Gasteiger partial charge on any atom is 0.260 e. The predicted octanol–water partition coefficient (Wildman–Crippen LogP) is 3.53. The fourth-order valence-corrected chi connectivity index (χ4v) is 3.89. The number of methoxy groups -OCH3 is 1. The standard InChI is InChI=1S/C21H20N6O2S/c1-3-17-16(13-23-27(17)18-9-10-19(29-2)26-25-18)20(28)24-21-22-12-15(30-21)11-14-7-5-4-6-8-14/h4-10,12-13H,3,11H2,1-2H3,(H,22,24,28). The number of nitrogens with zero attached hydrogens (tertiary/aromatic N) is 5. The molecule has 152 valence electrons. The van der Waals surface area contributed by atoms with Crippen LogP contribution in [-0.4, -0.2) is 38.0 Å². The Balaban J connectivity index is 1.50. The van der Waals surface area contributed by atoms with Gasteiger partial charge in [-0.05, 0) is 18.1 Å². The molecule has 0 aliphatic rings. The zero-order chi connectivity index (χ0) is 20.9.